The lowest BCUT2D eigenvalue weighted by Crippen LogP contribution is -2.00. The number of ether oxygens (including phenoxy) is 1. The van der Waals surface area contributed by atoms with Gasteiger partial charge in [0.05, 0.1) is 16.8 Å². The van der Waals surface area contributed by atoms with Gasteiger partial charge in [0.1, 0.15) is 12.4 Å². The molecule has 6 nitrogen and oxygen atoms in total. The van der Waals surface area contributed by atoms with Crippen molar-refractivity contribution in [1.82, 2.24) is 0 Å². The molecule has 154 valence electrons. The molecule has 4 rings (SSSR count). The van der Waals surface area contributed by atoms with E-state index in [4.69, 9.17) is 4.74 Å². The van der Waals surface area contributed by atoms with Crippen LogP contribution in [0.5, 0.6) is 5.75 Å². The summed E-state index contributed by atoms with van der Waals surface area (Å²) in [4.78, 5) is 10.4. The second-order valence-corrected chi connectivity index (χ2v) is 7.70. The molecule has 1 N–H and O–H groups in total. The van der Waals surface area contributed by atoms with E-state index in [2.05, 4.69) is 26.5 Å². The number of nitro groups is 1. The van der Waals surface area contributed by atoms with E-state index in [1.54, 1.807) is 18.3 Å². The Morgan fingerprint density at radius 2 is 1.71 bits per heavy atom. The molecule has 4 aromatic rings. The number of halogens is 1. The lowest BCUT2D eigenvalue weighted by atomic mass is 10.0. The second-order valence-electron chi connectivity index (χ2n) is 6.79. The number of non-ortho nitro benzene ring substituents is 1. The normalized spacial score (nSPS) is 11.0. The van der Waals surface area contributed by atoms with Crippen LogP contribution in [0.15, 0.2) is 94.5 Å². The fraction of sp³-hybridized carbons (Fsp3) is 0.0417. The number of hydrazone groups is 1. The summed E-state index contributed by atoms with van der Waals surface area (Å²) >= 11 is 3.44. The number of hydrogen-bond donors (Lipinski definition) is 1. The van der Waals surface area contributed by atoms with Crippen molar-refractivity contribution in [3.05, 3.63) is 111 Å². The molecule has 0 spiro atoms. The minimum Gasteiger partial charge on any atom is -0.488 e. The molecule has 0 radical (unpaired) electrons. The molecule has 0 aliphatic carbocycles. The van der Waals surface area contributed by atoms with Crippen LogP contribution in [0.2, 0.25) is 0 Å². The molecule has 0 unspecified atom stereocenters. The predicted octanol–water partition coefficient (Wildman–Crippen LogP) is 6.54. The molecule has 0 heterocycles. The molecule has 0 atom stereocenters. The SMILES string of the molecule is O=[N+]([O-])c1ccc(N/N=C/c2c(OCc3ccc(Br)cc3)ccc3ccccc23)cc1. The first kappa shape index (κ1) is 20.6. The molecule has 0 fully saturated rings. The summed E-state index contributed by atoms with van der Waals surface area (Å²) in [7, 11) is 0. The van der Waals surface area contributed by atoms with E-state index in [-0.39, 0.29) is 5.69 Å². The minimum absolute atomic E-state index is 0.0345. The van der Waals surface area contributed by atoms with Gasteiger partial charge in [0.25, 0.3) is 5.69 Å². The predicted molar refractivity (Wildman–Crippen MR) is 127 cm³/mol. The third-order valence-electron chi connectivity index (χ3n) is 4.70. The van der Waals surface area contributed by atoms with Gasteiger partial charge < -0.3 is 4.74 Å². The fourth-order valence-corrected chi connectivity index (χ4v) is 3.37. The van der Waals surface area contributed by atoms with Crippen LogP contribution in [0.1, 0.15) is 11.1 Å². The Morgan fingerprint density at radius 3 is 2.45 bits per heavy atom. The first-order valence-corrected chi connectivity index (χ1v) is 10.3. The highest BCUT2D eigenvalue weighted by molar-refractivity contribution is 9.10. The van der Waals surface area contributed by atoms with Crippen LogP contribution in [0.4, 0.5) is 11.4 Å². The average Bonchev–Trinajstić information content (AvgIpc) is 2.79. The van der Waals surface area contributed by atoms with Crippen molar-refractivity contribution in [3.8, 4) is 5.75 Å². The maximum atomic E-state index is 10.8. The number of benzene rings is 4. The molecule has 0 aromatic heterocycles. The smallest absolute Gasteiger partial charge is 0.269 e. The molecule has 0 aliphatic heterocycles. The summed E-state index contributed by atoms with van der Waals surface area (Å²) in [6, 6.07) is 26.1. The van der Waals surface area contributed by atoms with Gasteiger partial charge in [0.2, 0.25) is 0 Å². The summed E-state index contributed by atoms with van der Waals surface area (Å²) in [5.41, 5.74) is 5.51. The maximum absolute atomic E-state index is 10.8. The lowest BCUT2D eigenvalue weighted by molar-refractivity contribution is -0.384. The third-order valence-corrected chi connectivity index (χ3v) is 5.23. The number of hydrogen-bond acceptors (Lipinski definition) is 5. The zero-order chi connectivity index (χ0) is 21.6. The topological polar surface area (TPSA) is 76.8 Å². The second kappa shape index (κ2) is 9.40. The molecule has 0 saturated carbocycles. The van der Waals surface area contributed by atoms with Crippen LogP contribution < -0.4 is 10.2 Å². The van der Waals surface area contributed by atoms with Gasteiger partial charge in [-0.25, -0.2) is 0 Å². The highest BCUT2D eigenvalue weighted by Crippen LogP contribution is 2.28. The highest BCUT2D eigenvalue weighted by atomic mass is 79.9. The van der Waals surface area contributed by atoms with E-state index >= 15 is 0 Å². The van der Waals surface area contributed by atoms with Crippen LogP contribution in [-0.2, 0) is 6.61 Å². The maximum Gasteiger partial charge on any atom is 0.269 e. The van der Waals surface area contributed by atoms with Crippen molar-refractivity contribution in [2.75, 3.05) is 5.43 Å². The molecule has 7 heteroatoms. The van der Waals surface area contributed by atoms with E-state index in [9.17, 15) is 10.1 Å². The van der Waals surface area contributed by atoms with Crippen molar-refractivity contribution in [1.29, 1.82) is 0 Å². The van der Waals surface area contributed by atoms with Gasteiger partial charge in [-0.15, -0.1) is 0 Å². The number of fused-ring (bicyclic) bond motifs is 1. The van der Waals surface area contributed by atoms with Gasteiger partial charge in [0.15, 0.2) is 0 Å². The summed E-state index contributed by atoms with van der Waals surface area (Å²) in [6.07, 6.45) is 1.71. The molecule has 0 amide bonds. The molecular formula is C24H18BrN3O3. The summed E-state index contributed by atoms with van der Waals surface area (Å²) in [5.74, 6) is 0.718. The Kier molecular flexibility index (Phi) is 6.24. The molecule has 4 aromatic carbocycles. The Balaban J connectivity index is 1.58. The summed E-state index contributed by atoms with van der Waals surface area (Å²) in [5, 5.41) is 17.2. The van der Waals surface area contributed by atoms with E-state index in [1.165, 1.54) is 12.1 Å². The lowest BCUT2D eigenvalue weighted by Gasteiger charge is -2.12. The fourth-order valence-electron chi connectivity index (χ4n) is 3.11. The number of nitrogens with one attached hydrogen (secondary N) is 1. The largest absolute Gasteiger partial charge is 0.488 e. The molecule has 0 saturated heterocycles. The summed E-state index contributed by atoms with van der Waals surface area (Å²) in [6.45, 7) is 0.433. The van der Waals surface area contributed by atoms with Crippen LogP contribution in [0.3, 0.4) is 0 Å². The minimum atomic E-state index is -0.432. The van der Waals surface area contributed by atoms with E-state index in [1.807, 2.05) is 60.7 Å². The van der Waals surface area contributed by atoms with Crippen LogP contribution in [0.25, 0.3) is 10.8 Å². The van der Waals surface area contributed by atoms with Gasteiger partial charge in [-0.1, -0.05) is 58.4 Å². The monoisotopic (exact) mass is 475 g/mol. The Hall–Kier alpha value is -3.71. The van der Waals surface area contributed by atoms with Gasteiger partial charge in [-0.2, -0.15) is 5.10 Å². The van der Waals surface area contributed by atoms with Gasteiger partial charge in [0, 0.05) is 22.2 Å². The molecule has 31 heavy (non-hydrogen) atoms. The number of rotatable bonds is 7. The van der Waals surface area contributed by atoms with Gasteiger partial charge in [-0.05, 0) is 46.7 Å². The van der Waals surface area contributed by atoms with E-state index in [0.717, 1.165) is 32.1 Å². The summed E-state index contributed by atoms with van der Waals surface area (Å²) < 4.78 is 7.13. The third kappa shape index (κ3) is 5.07. The van der Waals surface area contributed by atoms with E-state index < -0.39 is 4.92 Å². The van der Waals surface area contributed by atoms with Crippen molar-refractivity contribution < 1.29 is 9.66 Å². The Bertz CT molecular complexity index is 1240. The van der Waals surface area contributed by atoms with Crippen molar-refractivity contribution >= 4 is 44.3 Å². The molecule has 0 bridgehead atoms. The van der Waals surface area contributed by atoms with Crippen molar-refractivity contribution in [3.63, 3.8) is 0 Å². The van der Waals surface area contributed by atoms with E-state index in [0.29, 0.717) is 12.3 Å². The Labute approximate surface area is 187 Å². The zero-order valence-electron chi connectivity index (χ0n) is 16.4. The van der Waals surface area contributed by atoms with Crippen LogP contribution in [0, 0.1) is 10.1 Å². The number of nitrogens with zero attached hydrogens (tertiary/aromatic N) is 2. The number of nitro benzene ring substituents is 1. The standard InChI is InChI=1S/C24H18BrN3O3/c25-19-8-5-17(6-9-19)16-31-24-14-7-18-3-1-2-4-22(18)23(24)15-26-27-20-10-12-21(13-11-20)28(29)30/h1-15,27H,16H2/b26-15+. The van der Waals surface area contributed by atoms with Gasteiger partial charge in [-0.3, -0.25) is 15.5 Å². The van der Waals surface area contributed by atoms with Crippen LogP contribution in [-0.4, -0.2) is 11.1 Å². The van der Waals surface area contributed by atoms with Crippen LogP contribution >= 0.6 is 15.9 Å². The van der Waals surface area contributed by atoms with Crippen molar-refractivity contribution in [2.24, 2.45) is 5.10 Å². The first-order chi connectivity index (χ1) is 15.1. The molecular weight excluding hydrogens is 458 g/mol. The quantitative estimate of drug-likeness (QED) is 0.187. The average molecular weight is 476 g/mol. The zero-order valence-corrected chi connectivity index (χ0v) is 18.0. The molecule has 0 aliphatic rings. The van der Waals surface area contributed by atoms with Crippen molar-refractivity contribution in [2.45, 2.75) is 6.61 Å². The number of anilines is 1. The highest BCUT2D eigenvalue weighted by Gasteiger charge is 2.08. The van der Waals surface area contributed by atoms with Gasteiger partial charge >= 0.3 is 0 Å². The first-order valence-electron chi connectivity index (χ1n) is 9.53. The Morgan fingerprint density at radius 1 is 0.968 bits per heavy atom.